The van der Waals surface area contributed by atoms with Crippen molar-refractivity contribution in [1.82, 2.24) is 9.55 Å². The molecule has 2 rings (SSSR count). The maximum absolute atomic E-state index is 13.1. The van der Waals surface area contributed by atoms with Gasteiger partial charge in [0, 0.05) is 24.6 Å². The average molecular weight is 557 g/mol. The summed E-state index contributed by atoms with van der Waals surface area (Å²) < 4.78 is 50.4. The summed E-state index contributed by atoms with van der Waals surface area (Å²) in [6.07, 6.45) is 1.28. The molecule has 0 aliphatic carbocycles. The lowest BCUT2D eigenvalue weighted by molar-refractivity contribution is -0.274. The van der Waals surface area contributed by atoms with E-state index in [1.54, 1.807) is 13.1 Å². The molecule has 0 saturated carbocycles. The number of benzene rings is 1. The van der Waals surface area contributed by atoms with Gasteiger partial charge in [-0.05, 0) is 57.1 Å². The molecule has 0 bridgehead atoms. The first-order valence-electron chi connectivity index (χ1n) is 13.0. The number of nitrogens with zero attached hydrogens (tertiary/aromatic N) is 2. The van der Waals surface area contributed by atoms with Gasteiger partial charge in [-0.1, -0.05) is 57.5 Å². The number of aryl methyl sites for hydroxylation is 1. The summed E-state index contributed by atoms with van der Waals surface area (Å²) in [7, 11) is 1.54. The quantitative estimate of drug-likeness (QED) is 0.106. The lowest BCUT2D eigenvalue weighted by Gasteiger charge is -2.26. The number of carbonyl (C=O) groups is 1. The molecule has 0 atom stereocenters. The molecule has 0 fully saturated rings. The number of ether oxygens (including phenoxy) is 2. The van der Waals surface area contributed by atoms with Crippen LogP contribution >= 0.6 is 11.8 Å². The van der Waals surface area contributed by atoms with Crippen LogP contribution in [0.5, 0.6) is 5.75 Å². The molecule has 1 aromatic heterocycles. The van der Waals surface area contributed by atoms with Crippen molar-refractivity contribution in [3.63, 3.8) is 0 Å². The van der Waals surface area contributed by atoms with Crippen LogP contribution in [0.15, 0.2) is 34.3 Å². The predicted molar refractivity (Wildman–Crippen MR) is 144 cm³/mol. The van der Waals surface area contributed by atoms with Crippen LogP contribution < -0.4 is 10.3 Å². The summed E-state index contributed by atoms with van der Waals surface area (Å²) in [5.41, 5.74) is -0.192. The molecule has 0 aliphatic heterocycles. The van der Waals surface area contributed by atoms with E-state index in [2.05, 4.69) is 16.6 Å². The topological polar surface area (TPSA) is 70.4 Å². The smallest absolute Gasteiger partial charge is 0.465 e. The minimum Gasteiger partial charge on any atom is -0.465 e. The standard InChI is InChI=1S/C28H39F3N2O4S/c1-7-8-9-12-20-13-14-21(23(17-20)37-28(29,30)31)22-18-32-26(33(6)24(22)34)38-16-11-10-15-36-25(35)27(4,5)19(2)3/h13-14,17-19H,7-12,15-16H2,1-6H3. The van der Waals surface area contributed by atoms with E-state index in [4.69, 9.17) is 4.74 Å². The van der Waals surface area contributed by atoms with Crippen molar-refractivity contribution in [1.29, 1.82) is 0 Å². The number of hydrogen-bond acceptors (Lipinski definition) is 6. The molecular weight excluding hydrogens is 517 g/mol. The Bertz CT molecular complexity index is 1130. The first kappa shape index (κ1) is 31.7. The number of carbonyl (C=O) groups excluding carboxylic acids is 1. The largest absolute Gasteiger partial charge is 0.573 e. The third kappa shape index (κ3) is 9.06. The lowest BCUT2D eigenvalue weighted by Crippen LogP contribution is -2.32. The van der Waals surface area contributed by atoms with Crippen molar-refractivity contribution in [2.24, 2.45) is 18.4 Å². The van der Waals surface area contributed by atoms with Gasteiger partial charge in [-0.3, -0.25) is 14.2 Å². The van der Waals surface area contributed by atoms with Crippen molar-refractivity contribution in [2.75, 3.05) is 12.4 Å². The van der Waals surface area contributed by atoms with Gasteiger partial charge in [0.15, 0.2) is 5.16 Å². The highest BCUT2D eigenvalue weighted by molar-refractivity contribution is 7.99. The van der Waals surface area contributed by atoms with E-state index >= 15 is 0 Å². The summed E-state index contributed by atoms with van der Waals surface area (Å²) in [5.74, 6) is 0.184. The molecule has 38 heavy (non-hydrogen) atoms. The Morgan fingerprint density at radius 3 is 2.45 bits per heavy atom. The van der Waals surface area contributed by atoms with E-state index < -0.39 is 23.1 Å². The SMILES string of the molecule is CCCCCc1ccc(-c2cnc(SCCCCOC(=O)C(C)(C)C(C)C)n(C)c2=O)c(OC(F)(F)F)c1. The van der Waals surface area contributed by atoms with Gasteiger partial charge in [0.25, 0.3) is 5.56 Å². The molecule has 2 aromatic rings. The number of aromatic nitrogens is 2. The van der Waals surface area contributed by atoms with Crippen LogP contribution in [-0.4, -0.2) is 34.2 Å². The van der Waals surface area contributed by atoms with Gasteiger partial charge >= 0.3 is 12.3 Å². The van der Waals surface area contributed by atoms with Gasteiger partial charge in [-0.2, -0.15) is 0 Å². The first-order valence-corrected chi connectivity index (χ1v) is 14.0. The van der Waals surface area contributed by atoms with E-state index in [1.165, 1.54) is 34.7 Å². The molecule has 1 heterocycles. The monoisotopic (exact) mass is 556 g/mol. The van der Waals surface area contributed by atoms with Crippen molar-refractivity contribution in [3.8, 4) is 16.9 Å². The van der Waals surface area contributed by atoms with E-state index in [0.717, 1.165) is 31.2 Å². The fraction of sp³-hybridized carbons (Fsp3) is 0.607. The molecule has 1 aromatic carbocycles. The Balaban J connectivity index is 2.07. The highest BCUT2D eigenvalue weighted by Gasteiger charge is 2.33. The fourth-order valence-corrected chi connectivity index (χ4v) is 4.47. The molecule has 0 spiro atoms. The molecule has 0 saturated heterocycles. The number of unbranched alkanes of at least 4 members (excludes halogenated alkanes) is 3. The Kier molecular flexibility index (Phi) is 11.7. The Hall–Kier alpha value is -2.49. The zero-order chi connectivity index (χ0) is 28.5. The van der Waals surface area contributed by atoms with Crippen molar-refractivity contribution in [2.45, 2.75) is 84.7 Å². The second-order valence-electron chi connectivity index (χ2n) is 10.2. The number of thioether (sulfide) groups is 1. The molecule has 0 aliphatic rings. The van der Waals surface area contributed by atoms with Crippen LogP contribution in [0.4, 0.5) is 13.2 Å². The van der Waals surface area contributed by atoms with E-state index in [1.807, 2.05) is 27.7 Å². The van der Waals surface area contributed by atoms with Crippen molar-refractivity contribution in [3.05, 3.63) is 40.3 Å². The third-order valence-corrected chi connectivity index (χ3v) is 7.86. The van der Waals surface area contributed by atoms with Crippen molar-refractivity contribution >= 4 is 17.7 Å². The molecule has 0 amide bonds. The second-order valence-corrected chi connectivity index (χ2v) is 11.3. The number of alkyl halides is 3. The summed E-state index contributed by atoms with van der Waals surface area (Å²) in [6.45, 7) is 10.1. The number of hydrogen-bond donors (Lipinski definition) is 0. The molecule has 212 valence electrons. The van der Waals surface area contributed by atoms with Gasteiger partial charge in [0.05, 0.1) is 17.6 Å². The summed E-state index contributed by atoms with van der Waals surface area (Å²) >= 11 is 1.36. The Morgan fingerprint density at radius 1 is 1.11 bits per heavy atom. The minimum absolute atomic E-state index is 0.0379. The van der Waals surface area contributed by atoms with Gasteiger partial charge < -0.3 is 9.47 Å². The van der Waals surface area contributed by atoms with Crippen LogP contribution in [-0.2, 0) is 23.0 Å². The van der Waals surface area contributed by atoms with Crippen LogP contribution in [0.2, 0.25) is 0 Å². The normalized spacial score (nSPS) is 12.2. The fourth-order valence-electron chi connectivity index (χ4n) is 3.54. The van der Waals surface area contributed by atoms with Gasteiger partial charge in [-0.15, -0.1) is 13.2 Å². The zero-order valence-corrected chi connectivity index (χ0v) is 23.9. The highest BCUT2D eigenvalue weighted by atomic mass is 32.2. The van der Waals surface area contributed by atoms with Crippen LogP contribution in [0.25, 0.3) is 11.1 Å². The van der Waals surface area contributed by atoms with E-state index in [9.17, 15) is 22.8 Å². The van der Waals surface area contributed by atoms with Gasteiger partial charge in [-0.25, -0.2) is 4.98 Å². The van der Waals surface area contributed by atoms with Crippen LogP contribution in [0.1, 0.15) is 72.3 Å². The molecule has 0 unspecified atom stereocenters. The number of rotatable bonds is 14. The average Bonchev–Trinajstić information content (AvgIpc) is 2.83. The highest BCUT2D eigenvalue weighted by Crippen LogP contribution is 2.34. The molecule has 0 N–H and O–H groups in total. The Labute approximate surface area is 227 Å². The minimum atomic E-state index is -4.88. The van der Waals surface area contributed by atoms with Crippen LogP contribution in [0, 0.1) is 11.3 Å². The molecule has 0 radical (unpaired) electrons. The van der Waals surface area contributed by atoms with E-state index in [-0.39, 0.29) is 23.0 Å². The molecular formula is C28H39F3N2O4S. The van der Waals surface area contributed by atoms with Gasteiger partial charge in [0.2, 0.25) is 0 Å². The number of esters is 1. The lowest BCUT2D eigenvalue weighted by atomic mass is 9.81. The maximum Gasteiger partial charge on any atom is 0.573 e. The first-order chi connectivity index (χ1) is 17.8. The van der Waals surface area contributed by atoms with E-state index in [0.29, 0.717) is 30.4 Å². The summed E-state index contributed by atoms with van der Waals surface area (Å²) in [5, 5.41) is 0.450. The van der Waals surface area contributed by atoms with Crippen molar-refractivity contribution < 1.29 is 27.4 Å². The van der Waals surface area contributed by atoms with Gasteiger partial charge in [0.1, 0.15) is 5.75 Å². The Morgan fingerprint density at radius 2 is 1.82 bits per heavy atom. The summed E-state index contributed by atoms with van der Waals surface area (Å²) in [6, 6.07) is 4.58. The zero-order valence-electron chi connectivity index (χ0n) is 23.1. The third-order valence-electron chi connectivity index (χ3n) is 6.73. The maximum atomic E-state index is 13.1. The van der Waals surface area contributed by atoms with Crippen LogP contribution in [0.3, 0.4) is 0 Å². The second kappa shape index (κ2) is 14.1. The molecule has 10 heteroatoms. The number of halogens is 3. The summed E-state index contributed by atoms with van der Waals surface area (Å²) in [4.78, 5) is 29.6. The molecule has 6 nitrogen and oxygen atoms in total. The predicted octanol–water partition coefficient (Wildman–Crippen LogP) is 7.18.